The molecule has 0 bridgehead atoms. The van der Waals surface area contributed by atoms with Crippen molar-refractivity contribution in [2.24, 2.45) is 5.92 Å². The molecule has 1 fully saturated rings. The Labute approximate surface area is 126 Å². The Morgan fingerprint density at radius 1 is 1.38 bits per heavy atom. The first-order chi connectivity index (χ1) is 10.2. The largest absolute Gasteiger partial charge is 0.497 e. The first-order valence-corrected chi connectivity index (χ1v) is 7.39. The van der Waals surface area contributed by atoms with Gasteiger partial charge >= 0.3 is 0 Å². The van der Waals surface area contributed by atoms with Crippen LogP contribution in [0.25, 0.3) is 0 Å². The molecule has 1 aromatic rings. The van der Waals surface area contributed by atoms with E-state index in [0.717, 1.165) is 25.9 Å². The van der Waals surface area contributed by atoms with Gasteiger partial charge in [0.2, 0.25) is 0 Å². The van der Waals surface area contributed by atoms with Crippen LogP contribution in [0.4, 0.5) is 0 Å². The molecular weight excluding hydrogens is 268 g/mol. The second-order valence-corrected chi connectivity index (χ2v) is 5.43. The van der Waals surface area contributed by atoms with Gasteiger partial charge in [0.05, 0.1) is 19.8 Å². The summed E-state index contributed by atoms with van der Waals surface area (Å²) in [6.07, 6.45) is 2.30. The average Bonchev–Trinajstić information content (AvgIpc) is 2.54. The van der Waals surface area contributed by atoms with Gasteiger partial charge in [-0.2, -0.15) is 0 Å². The van der Waals surface area contributed by atoms with Crippen LogP contribution in [-0.4, -0.2) is 39.3 Å². The molecule has 1 saturated heterocycles. The van der Waals surface area contributed by atoms with E-state index in [9.17, 15) is 4.79 Å². The van der Waals surface area contributed by atoms with Gasteiger partial charge in [0.1, 0.15) is 11.5 Å². The van der Waals surface area contributed by atoms with E-state index in [1.807, 2.05) is 0 Å². The van der Waals surface area contributed by atoms with Crippen LogP contribution < -0.4 is 20.1 Å². The lowest BCUT2D eigenvalue weighted by Crippen LogP contribution is -2.44. The fraction of sp³-hybridized carbons (Fsp3) is 0.562. The number of methoxy groups -OCH3 is 2. The minimum absolute atomic E-state index is 0.121. The molecular formula is C16H24N2O3. The highest BCUT2D eigenvalue weighted by Gasteiger charge is 2.23. The van der Waals surface area contributed by atoms with Crippen LogP contribution >= 0.6 is 0 Å². The van der Waals surface area contributed by atoms with Crippen LogP contribution in [-0.2, 0) is 0 Å². The van der Waals surface area contributed by atoms with Crippen LogP contribution in [0.2, 0.25) is 0 Å². The zero-order valence-corrected chi connectivity index (χ0v) is 12.9. The van der Waals surface area contributed by atoms with Crippen LogP contribution in [0, 0.1) is 5.92 Å². The molecule has 0 radical (unpaired) electrons. The molecule has 2 N–H and O–H groups in total. The molecule has 1 aromatic carbocycles. The summed E-state index contributed by atoms with van der Waals surface area (Å²) in [6.45, 7) is 4.08. The number of rotatable bonds is 5. The number of carbonyl (C=O) groups is 1. The minimum atomic E-state index is -0.121. The molecule has 1 aliphatic rings. The smallest absolute Gasteiger partial charge is 0.255 e. The van der Waals surface area contributed by atoms with Crippen molar-refractivity contribution in [3.63, 3.8) is 0 Å². The van der Waals surface area contributed by atoms with Crippen molar-refractivity contribution >= 4 is 5.91 Å². The SMILES string of the molecule is COc1ccc(OC)c(C(=O)NC(C)C2CCCNC2)c1. The number of nitrogens with one attached hydrogen (secondary N) is 2. The van der Waals surface area contributed by atoms with Gasteiger partial charge in [-0.3, -0.25) is 4.79 Å². The van der Waals surface area contributed by atoms with Gasteiger partial charge < -0.3 is 20.1 Å². The number of ether oxygens (including phenoxy) is 2. The van der Waals surface area contributed by atoms with E-state index in [1.165, 1.54) is 0 Å². The van der Waals surface area contributed by atoms with Crippen LogP contribution in [0.5, 0.6) is 11.5 Å². The van der Waals surface area contributed by atoms with E-state index in [2.05, 4.69) is 17.6 Å². The van der Waals surface area contributed by atoms with Crippen molar-refractivity contribution in [1.82, 2.24) is 10.6 Å². The number of piperidine rings is 1. The summed E-state index contributed by atoms with van der Waals surface area (Å²) in [5, 5.41) is 6.45. The quantitative estimate of drug-likeness (QED) is 0.869. The predicted molar refractivity (Wildman–Crippen MR) is 82.1 cm³/mol. The monoisotopic (exact) mass is 292 g/mol. The Balaban J connectivity index is 2.08. The summed E-state index contributed by atoms with van der Waals surface area (Å²) in [5.41, 5.74) is 0.507. The predicted octanol–water partition coefficient (Wildman–Crippen LogP) is 1.82. The Kier molecular flexibility index (Phi) is 5.44. The Bertz CT molecular complexity index is 484. The minimum Gasteiger partial charge on any atom is -0.497 e. The zero-order valence-electron chi connectivity index (χ0n) is 12.9. The van der Waals surface area contributed by atoms with Gasteiger partial charge in [0, 0.05) is 6.04 Å². The third-order valence-corrected chi connectivity index (χ3v) is 4.05. The fourth-order valence-electron chi connectivity index (χ4n) is 2.70. The molecule has 0 aliphatic carbocycles. The van der Waals surface area contributed by atoms with Crippen LogP contribution in [0.1, 0.15) is 30.1 Å². The second kappa shape index (κ2) is 7.31. The van der Waals surface area contributed by atoms with Gasteiger partial charge in [-0.15, -0.1) is 0 Å². The van der Waals surface area contributed by atoms with Crippen molar-refractivity contribution in [2.45, 2.75) is 25.8 Å². The normalized spacial score (nSPS) is 19.7. The molecule has 0 spiro atoms. The van der Waals surface area contributed by atoms with E-state index in [1.54, 1.807) is 32.4 Å². The molecule has 21 heavy (non-hydrogen) atoms. The fourth-order valence-corrected chi connectivity index (χ4v) is 2.70. The number of hydrogen-bond donors (Lipinski definition) is 2. The second-order valence-electron chi connectivity index (χ2n) is 5.43. The van der Waals surface area contributed by atoms with Gasteiger partial charge in [-0.05, 0) is 57.0 Å². The molecule has 2 atom stereocenters. The maximum atomic E-state index is 12.5. The number of carbonyl (C=O) groups excluding carboxylic acids is 1. The lowest BCUT2D eigenvalue weighted by Gasteiger charge is -2.29. The van der Waals surface area contributed by atoms with Crippen LogP contribution in [0.15, 0.2) is 18.2 Å². The van der Waals surface area contributed by atoms with Crippen molar-refractivity contribution < 1.29 is 14.3 Å². The molecule has 116 valence electrons. The molecule has 2 rings (SSSR count). The standard InChI is InChI=1S/C16H24N2O3/c1-11(12-5-4-8-17-10-12)18-16(19)14-9-13(20-2)6-7-15(14)21-3/h6-7,9,11-12,17H,4-5,8,10H2,1-3H3,(H,18,19). The van der Waals surface area contributed by atoms with E-state index in [4.69, 9.17) is 9.47 Å². The van der Waals surface area contributed by atoms with E-state index in [-0.39, 0.29) is 11.9 Å². The molecule has 1 amide bonds. The molecule has 1 heterocycles. The summed E-state index contributed by atoms with van der Waals surface area (Å²) >= 11 is 0. The topological polar surface area (TPSA) is 59.6 Å². The number of benzene rings is 1. The number of amides is 1. The van der Waals surface area contributed by atoms with E-state index >= 15 is 0 Å². The summed E-state index contributed by atoms with van der Waals surface area (Å²) in [4.78, 5) is 12.5. The summed E-state index contributed by atoms with van der Waals surface area (Å²) < 4.78 is 10.4. The molecule has 1 aliphatic heterocycles. The van der Waals surface area contributed by atoms with Gasteiger partial charge in [0.25, 0.3) is 5.91 Å². The first kappa shape index (κ1) is 15.6. The van der Waals surface area contributed by atoms with Crippen molar-refractivity contribution in [3.05, 3.63) is 23.8 Å². The van der Waals surface area contributed by atoms with Crippen molar-refractivity contribution in [3.8, 4) is 11.5 Å². The summed E-state index contributed by atoms with van der Waals surface area (Å²) in [5.74, 6) is 1.55. The van der Waals surface area contributed by atoms with Crippen molar-refractivity contribution in [1.29, 1.82) is 0 Å². The maximum absolute atomic E-state index is 12.5. The Hall–Kier alpha value is -1.75. The summed E-state index contributed by atoms with van der Waals surface area (Å²) in [7, 11) is 3.15. The van der Waals surface area contributed by atoms with Crippen LogP contribution in [0.3, 0.4) is 0 Å². The van der Waals surface area contributed by atoms with Gasteiger partial charge in [0.15, 0.2) is 0 Å². The maximum Gasteiger partial charge on any atom is 0.255 e. The Morgan fingerprint density at radius 2 is 2.19 bits per heavy atom. The molecule has 5 heteroatoms. The highest BCUT2D eigenvalue weighted by molar-refractivity contribution is 5.97. The third kappa shape index (κ3) is 3.88. The molecule has 0 saturated carbocycles. The molecule has 0 aromatic heterocycles. The Morgan fingerprint density at radius 3 is 2.81 bits per heavy atom. The first-order valence-electron chi connectivity index (χ1n) is 7.39. The number of hydrogen-bond acceptors (Lipinski definition) is 4. The van der Waals surface area contributed by atoms with Gasteiger partial charge in [-0.25, -0.2) is 0 Å². The lowest BCUT2D eigenvalue weighted by atomic mass is 9.92. The molecule has 5 nitrogen and oxygen atoms in total. The van der Waals surface area contributed by atoms with E-state index in [0.29, 0.717) is 23.0 Å². The summed E-state index contributed by atoms with van der Waals surface area (Å²) in [6, 6.07) is 5.37. The molecule has 2 unspecified atom stereocenters. The highest BCUT2D eigenvalue weighted by atomic mass is 16.5. The average molecular weight is 292 g/mol. The lowest BCUT2D eigenvalue weighted by molar-refractivity contribution is 0.0918. The highest BCUT2D eigenvalue weighted by Crippen LogP contribution is 2.24. The third-order valence-electron chi connectivity index (χ3n) is 4.05. The van der Waals surface area contributed by atoms with Crippen molar-refractivity contribution in [2.75, 3.05) is 27.3 Å². The van der Waals surface area contributed by atoms with Gasteiger partial charge in [-0.1, -0.05) is 0 Å². The zero-order chi connectivity index (χ0) is 15.2. The van der Waals surface area contributed by atoms with E-state index < -0.39 is 0 Å².